The number of nitrogens with one attached hydrogen (secondary N) is 1. The molecule has 0 saturated carbocycles. The lowest BCUT2D eigenvalue weighted by atomic mass is 10.1. The fraction of sp³-hybridized carbons (Fsp3) is 0.0800. The van der Waals surface area contributed by atoms with E-state index in [9.17, 15) is 0 Å². The van der Waals surface area contributed by atoms with Crippen LogP contribution in [0.5, 0.6) is 0 Å². The SMILES string of the molecule is CC[n+]1c(C=CNc2ccccc2)sc(-c2ccccc2)c1-c1ccccc1. The third-order valence-corrected chi connectivity index (χ3v) is 5.81. The first-order chi connectivity index (χ1) is 13.9. The van der Waals surface area contributed by atoms with Gasteiger partial charge in [0.25, 0.3) is 5.01 Å². The number of nitrogens with zero attached hydrogens (tertiary/aromatic N) is 1. The Labute approximate surface area is 170 Å². The smallest absolute Gasteiger partial charge is 0.264 e. The first-order valence-corrected chi connectivity index (χ1v) is 10.3. The molecular weight excluding hydrogens is 360 g/mol. The zero-order valence-corrected chi connectivity index (χ0v) is 16.7. The molecule has 0 aliphatic heterocycles. The van der Waals surface area contributed by atoms with Crippen molar-refractivity contribution in [3.63, 3.8) is 0 Å². The van der Waals surface area contributed by atoms with Crippen molar-refractivity contribution in [1.82, 2.24) is 0 Å². The standard InChI is InChI=1S/C25H22N2S/c1-2-27-23(18-19-26-22-16-10-5-11-17-22)28-25(21-14-8-4-9-15-21)24(27)20-12-6-3-7-13-20/h3-19H,2H2,1H3/p+1. The van der Waals surface area contributed by atoms with Gasteiger partial charge >= 0.3 is 0 Å². The first-order valence-electron chi connectivity index (χ1n) is 9.52. The van der Waals surface area contributed by atoms with Gasteiger partial charge < -0.3 is 5.32 Å². The molecule has 0 saturated heterocycles. The van der Waals surface area contributed by atoms with Crippen molar-refractivity contribution in [1.29, 1.82) is 0 Å². The highest BCUT2D eigenvalue weighted by atomic mass is 32.1. The molecule has 2 nitrogen and oxygen atoms in total. The molecule has 138 valence electrons. The van der Waals surface area contributed by atoms with Gasteiger partial charge in [-0.05, 0) is 36.8 Å². The van der Waals surface area contributed by atoms with Gasteiger partial charge in [-0.25, -0.2) is 0 Å². The number of benzene rings is 3. The Bertz CT molecular complexity index is 1050. The lowest BCUT2D eigenvalue weighted by Gasteiger charge is -2.02. The van der Waals surface area contributed by atoms with E-state index < -0.39 is 0 Å². The minimum Gasteiger partial charge on any atom is -0.361 e. The fourth-order valence-electron chi connectivity index (χ4n) is 3.29. The average Bonchev–Trinajstić information content (AvgIpc) is 3.14. The van der Waals surface area contributed by atoms with Crippen molar-refractivity contribution >= 4 is 23.1 Å². The number of anilines is 1. The van der Waals surface area contributed by atoms with Crippen LogP contribution in [0.15, 0.2) is 97.2 Å². The lowest BCUT2D eigenvalue weighted by molar-refractivity contribution is -0.679. The lowest BCUT2D eigenvalue weighted by Crippen LogP contribution is -2.35. The van der Waals surface area contributed by atoms with Crippen molar-refractivity contribution in [2.45, 2.75) is 13.5 Å². The summed E-state index contributed by atoms with van der Waals surface area (Å²) in [6.45, 7) is 3.12. The van der Waals surface area contributed by atoms with Crippen molar-refractivity contribution in [2.24, 2.45) is 0 Å². The normalized spacial score (nSPS) is 11.0. The molecule has 0 bridgehead atoms. The van der Waals surface area contributed by atoms with E-state index in [1.165, 1.54) is 26.7 Å². The molecule has 0 radical (unpaired) electrons. The van der Waals surface area contributed by atoms with E-state index in [1.54, 1.807) is 0 Å². The van der Waals surface area contributed by atoms with Crippen LogP contribution in [-0.4, -0.2) is 0 Å². The minimum atomic E-state index is 0.915. The van der Waals surface area contributed by atoms with Crippen LogP contribution in [0.1, 0.15) is 11.9 Å². The van der Waals surface area contributed by atoms with Crippen LogP contribution in [0.4, 0.5) is 5.69 Å². The van der Waals surface area contributed by atoms with Gasteiger partial charge in [-0.15, -0.1) is 0 Å². The third kappa shape index (κ3) is 3.90. The second-order valence-electron chi connectivity index (χ2n) is 6.44. The van der Waals surface area contributed by atoms with Crippen LogP contribution in [0.3, 0.4) is 0 Å². The van der Waals surface area contributed by atoms with Crippen LogP contribution in [0.25, 0.3) is 27.8 Å². The van der Waals surface area contributed by atoms with Gasteiger partial charge in [-0.3, -0.25) is 0 Å². The third-order valence-electron chi connectivity index (χ3n) is 4.61. The highest BCUT2D eigenvalue weighted by Gasteiger charge is 2.26. The molecule has 1 aromatic heterocycles. The number of aromatic nitrogens is 1. The maximum Gasteiger partial charge on any atom is 0.264 e. The summed E-state index contributed by atoms with van der Waals surface area (Å²) in [6, 6.07) is 31.5. The average molecular weight is 384 g/mol. The zero-order valence-electron chi connectivity index (χ0n) is 15.9. The summed E-state index contributed by atoms with van der Waals surface area (Å²) in [5.41, 5.74) is 4.86. The molecule has 0 aliphatic carbocycles. The fourth-order valence-corrected chi connectivity index (χ4v) is 4.54. The summed E-state index contributed by atoms with van der Waals surface area (Å²) in [6.07, 6.45) is 4.19. The van der Waals surface area contributed by atoms with Gasteiger partial charge in [0.05, 0.1) is 0 Å². The molecule has 0 fully saturated rings. The van der Waals surface area contributed by atoms with Crippen molar-refractivity contribution in [2.75, 3.05) is 5.32 Å². The van der Waals surface area contributed by atoms with E-state index in [0.29, 0.717) is 0 Å². The predicted molar refractivity (Wildman–Crippen MR) is 120 cm³/mol. The molecule has 1 N–H and O–H groups in total. The number of hydrogen-bond acceptors (Lipinski definition) is 2. The van der Waals surface area contributed by atoms with E-state index in [1.807, 2.05) is 35.7 Å². The van der Waals surface area contributed by atoms with Gasteiger partial charge in [0.2, 0.25) is 5.69 Å². The summed E-state index contributed by atoms with van der Waals surface area (Å²) in [7, 11) is 0. The Morgan fingerprint density at radius 2 is 1.36 bits per heavy atom. The molecular formula is C25H23N2S+. The molecule has 0 spiro atoms. The summed E-state index contributed by atoms with van der Waals surface area (Å²) >= 11 is 1.83. The van der Waals surface area contributed by atoms with Crippen molar-refractivity contribution in [3.05, 3.63) is 102 Å². The van der Waals surface area contributed by atoms with Gasteiger partial charge in [0.15, 0.2) is 0 Å². The maximum absolute atomic E-state index is 3.37. The van der Waals surface area contributed by atoms with E-state index >= 15 is 0 Å². The van der Waals surface area contributed by atoms with Crippen LogP contribution in [-0.2, 0) is 6.54 Å². The quantitative estimate of drug-likeness (QED) is 0.377. The summed E-state index contributed by atoms with van der Waals surface area (Å²) in [5, 5.41) is 4.59. The number of hydrogen-bond donors (Lipinski definition) is 1. The monoisotopic (exact) mass is 383 g/mol. The molecule has 3 heteroatoms. The number of rotatable bonds is 6. The van der Waals surface area contributed by atoms with Crippen LogP contribution >= 0.6 is 11.3 Å². The Kier molecular flexibility index (Phi) is 5.64. The summed E-state index contributed by atoms with van der Waals surface area (Å²) < 4.78 is 2.39. The number of thiazole rings is 1. The summed E-state index contributed by atoms with van der Waals surface area (Å²) in [5.74, 6) is 0. The van der Waals surface area contributed by atoms with Gasteiger partial charge in [-0.2, -0.15) is 4.57 Å². The van der Waals surface area contributed by atoms with Crippen molar-refractivity contribution < 1.29 is 4.57 Å². The van der Waals surface area contributed by atoms with E-state index in [2.05, 4.69) is 95.7 Å². The molecule has 4 rings (SSSR count). The van der Waals surface area contributed by atoms with Gasteiger partial charge in [-0.1, -0.05) is 78.1 Å². The molecule has 0 unspecified atom stereocenters. The van der Waals surface area contributed by atoms with Gasteiger partial charge in [0.1, 0.15) is 11.4 Å². The highest BCUT2D eigenvalue weighted by Crippen LogP contribution is 2.36. The number of para-hydroxylation sites is 1. The van der Waals surface area contributed by atoms with E-state index in [0.717, 1.165) is 12.2 Å². The Morgan fingerprint density at radius 3 is 1.96 bits per heavy atom. The Hall–Kier alpha value is -3.17. The largest absolute Gasteiger partial charge is 0.361 e. The van der Waals surface area contributed by atoms with Crippen LogP contribution in [0, 0.1) is 0 Å². The summed E-state index contributed by atoms with van der Waals surface area (Å²) in [4.78, 5) is 1.30. The molecule has 0 atom stereocenters. The van der Waals surface area contributed by atoms with Crippen molar-refractivity contribution in [3.8, 4) is 21.7 Å². The minimum absolute atomic E-state index is 0.915. The Balaban J connectivity index is 1.78. The molecule has 0 aliphatic rings. The second kappa shape index (κ2) is 8.68. The van der Waals surface area contributed by atoms with Crippen LogP contribution < -0.4 is 9.88 Å². The molecule has 1 heterocycles. The zero-order chi connectivity index (χ0) is 19.2. The first kappa shape index (κ1) is 18.2. The molecule has 0 amide bonds. The van der Waals surface area contributed by atoms with Crippen LogP contribution in [0.2, 0.25) is 0 Å². The van der Waals surface area contributed by atoms with Gasteiger partial charge in [0, 0.05) is 23.5 Å². The molecule has 4 aromatic rings. The second-order valence-corrected chi connectivity index (χ2v) is 7.47. The maximum atomic E-state index is 3.37. The topological polar surface area (TPSA) is 15.9 Å². The van der Waals surface area contributed by atoms with E-state index in [-0.39, 0.29) is 0 Å². The predicted octanol–water partition coefficient (Wildman–Crippen LogP) is 6.47. The molecule has 28 heavy (non-hydrogen) atoms. The molecule has 3 aromatic carbocycles. The van der Waals surface area contributed by atoms with E-state index in [4.69, 9.17) is 0 Å². The Morgan fingerprint density at radius 1 is 0.786 bits per heavy atom. The highest BCUT2D eigenvalue weighted by molar-refractivity contribution is 7.16.